The van der Waals surface area contributed by atoms with E-state index in [4.69, 9.17) is 4.98 Å². The lowest BCUT2D eigenvalue weighted by molar-refractivity contribution is 0.385. The van der Waals surface area contributed by atoms with Crippen LogP contribution < -0.4 is 10.2 Å². The lowest BCUT2D eigenvalue weighted by atomic mass is 10.0. The SMILES string of the molecule is CCCc1nc(C)cc(N2CCC(NCC3CCS(=O)(=O)C3)CC2)n1. The van der Waals surface area contributed by atoms with Crippen LogP contribution in [0.5, 0.6) is 0 Å². The lowest BCUT2D eigenvalue weighted by Gasteiger charge is -2.34. The fourth-order valence-electron chi connectivity index (χ4n) is 3.79. The minimum Gasteiger partial charge on any atom is -0.356 e. The van der Waals surface area contributed by atoms with E-state index in [1.165, 1.54) is 0 Å². The quantitative estimate of drug-likeness (QED) is 0.826. The average Bonchev–Trinajstić information content (AvgIpc) is 2.92. The maximum Gasteiger partial charge on any atom is 0.150 e. The first kappa shape index (κ1) is 18.6. The van der Waals surface area contributed by atoms with Gasteiger partial charge in [-0.1, -0.05) is 6.92 Å². The van der Waals surface area contributed by atoms with Crippen LogP contribution in [0.4, 0.5) is 5.82 Å². The molecule has 1 N–H and O–H groups in total. The summed E-state index contributed by atoms with van der Waals surface area (Å²) >= 11 is 0. The molecule has 1 unspecified atom stereocenters. The van der Waals surface area contributed by atoms with Crippen molar-refractivity contribution in [3.63, 3.8) is 0 Å². The van der Waals surface area contributed by atoms with Crippen LogP contribution in [-0.2, 0) is 16.3 Å². The zero-order valence-corrected chi connectivity index (χ0v) is 16.2. The summed E-state index contributed by atoms with van der Waals surface area (Å²) in [6.45, 7) is 6.99. The molecule has 6 nitrogen and oxygen atoms in total. The number of hydrogen-bond acceptors (Lipinski definition) is 6. The maximum atomic E-state index is 11.5. The molecule has 2 fully saturated rings. The molecule has 1 atom stereocenters. The van der Waals surface area contributed by atoms with Crippen LogP contribution in [0.3, 0.4) is 0 Å². The van der Waals surface area contributed by atoms with E-state index in [1.807, 2.05) is 6.92 Å². The number of hydrogen-bond donors (Lipinski definition) is 1. The molecule has 7 heteroatoms. The van der Waals surface area contributed by atoms with Crippen LogP contribution in [0.1, 0.15) is 44.1 Å². The first-order valence-corrected chi connectivity index (χ1v) is 11.3. The zero-order chi connectivity index (χ0) is 17.9. The van der Waals surface area contributed by atoms with Gasteiger partial charge in [-0.05, 0) is 45.1 Å². The molecule has 0 aliphatic carbocycles. The Bertz CT molecular complexity index is 684. The number of rotatable bonds is 6. The standard InChI is InChI=1S/C18H30N4O2S/c1-3-4-17-20-14(2)11-18(21-17)22-8-5-16(6-9-22)19-12-15-7-10-25(23,24)13-15/h11,15-16,19H,3-10,12-13H2,1-2H3. The summed E-state index contributed by atoms with van der Waals surface area (Å²) in [5, 5.41) is 3.59. The Hall–Kier alpha value is -1.21. The molecule has 0 bridgehead atoms. The Kier molecular flexibility index (Phi) is 5.94. The number of nitrogens with one attached hydrogen (secondary N) is 1. The summed E-state index contributed by atoms with van der Waals surface area (Å²) < 4.78 is 23.1. The van der Waals surface area contributed by atoms with Gasteiger partial charge in [-0.15, -0.1) is 0 Å². The van der Waals surface area contributed by atoms with Crippen LogP contribution in [0.25, 0.3) is 0 Å². The molecular formula is C18H30N4O2S. The third kappa shape index (κ3) is 5.14. The van der Waals surface area contributed by atoms with Crippen molar-refractivity contribution in [3.8, 4) is 0 Å². The van der Waals surface area contributed by atoms with Gasteiger partial charge in [0.1, 0.15) is 11.6 Å². The second-order valence-corrected chi connectivity index (χ2v) is 9.70. The number of aryl methyl sites for hydroxylation is 2. The monoisotopic (exact) mass is 366 g/mol. The molecule has 25 heavy (non-hydrogen) atoms. The molecule has 2 aliphatic heterocycles. The zero-order valence-electron chi connectivity index (χ0n) is 15.4. The van der Waals surface area contributed by atoms with Gasteiger partial charge >= 0.3 is 0 Å². The topological polar surface area (TPSA) is 75.2 Å². The molecule has 1 aromatic rings. The van der Waals surface area contributed by atoms with Crippen molar-refractivity contribution in [1.82, 2.24) is 15.3 Å². The Labute approximate surface area is 151 Å². The van der Waals surface area contributed by atoms with Gasteiger partial charge in [-0.25, -0.2) is 18.4 Å². The van der Waals surface area contributed by atoms with Gasteiger partial charge in [0.25, 0.3) is 0 Å². The fraction of sp³-hybridized carbons (Fsp3) is 0.778. The molecule has 2 aliphatic rings. The summed E-state index contributed by atoms with van der Waals surface area (Å²) in [6, 6.07) is 2.56. The van der Waals surface area contributed by atoms with Crippen LogP contribution in [0.2, 0.25) is 0 Å². The number of piperidine rings is 1. The third-order valence-corrected chi connectivity index (χ3v) is 7.04. The summed E-state index contributed by atoms with van der Waals surface area (Å²) in [5.74, 6) is 3.02. The van der Waals surface area contributed by atoms with Crippen molar-refractivity contribution in [2.24, 2.45) is 5.92 Å². The molecule has 0 spiro atoms. The van der Waals surface area contributed by atoms with Crippen molar-refractivity contribution in [1.29, 1.82) is 0 Å². The van der Waals surface area contributed by atoms with E-state index in [-0.39, 0.29) is 0 Å². The highest BCUT2D eigenvalue weighted by atomic mass is 32.2. The Balaban J connectivity index is 1.49. The van der Waals surface area contributed by atoms with Gasteiger partial charge in [0.2, 0.25) is 0 Å². The number of sulfone groups is 1. The second-order valence-electron chi connectivity index (χ2n) is 7.47. The molecule has 3 rings (SSSR count). The first-order valence-electron chi connectivity index (χ1n) is 9.48. The van der Waals surface area contributed by atoms with Crippen LogP contribution in [0.15, 0.2) is 6.07 Å². The van der Waals surface area contributed by atoms with E-state index in [0.29, 0.717) is 23.5 Å². The number of nitrogens with zero attached hydrogens (tertiary/aromatic N) is 3. The molecule has 140 valence electrons. The molecular weight excluding hydrogens is 336 g/mol. The normalized spacial score (nSPS) is 23.9. The van der Waals surface area contributed by atoms with Gasteiger partial charge in [0.15, 0.2) is 9.84 Å². The van der Waals surface area contributed by atoms with E-state index in [1.54, 1.807) is 0 Å². The van der Waals surface area contributed by atoms with Crippen molar-refractivity contribution >= 4 is 15.7 Å². The molecule has 0 amide bonds. The number of aromatic nitrogens is 2. The van der Waals surface area contributed by atoms with Gasteiger partial charge in [-0.3, -0.25) is 0 Å². The van der Waals surface area contributed by atoms with E-state index in [2.05, 4.69) is 28.2 Å². The van der Waals surface area contributed by atoms with Gasteiger partial charge < -0.3 is 10.2 Å². The summed E-state index contributed by atoms with van der Waals surface area (Å²) in [7, 11) is -2.77. The predicted octanol–water partition coefficient (Wildman–Crippen LogP) is 1.73. The minimum absolute atomic E-state index is 0.296. The average molecular weight is 367 g/mol. The van der Waals surface area contributed by atoms with E-state index in [0.717, 1.165) is 69.1 Å². The number of anilines is 1. The highest BCUT2D eigenvalue weighted by Gasteiger charge is 2.28. The van der Waals surface area contributed by atoms with Gasteiger partial charge in [0.05, 0.1) is 11.5 Å². The van der Waals surface area contributed by atoms with Crippen LogP contribution >= 0.6 is 0 Å². The van der Waals surface area contributed by atoms with E-state index < -0.39 is 9.84 Å². The van der Waals surface area contributed by atoms with Gasteiger partial charge in [0, 0.05) is 37.3 Å². The van der Waals surface area contributed by atoms with E-state index >= 15 is 0 Å². The summed E-state index contributed by atoms with van der Waals surface area (Å²) in [4.78, 5) is 11.6. The van der Waals surface area contributed by atoms with Crippen molar-refractivity contribution < 1.29 is 8.42 Å². The maximum absolute atomic E-state index is 11.5. The Morgan fingerprint density at radius 3 is 2.64 bits per heavy atom. The molecule has 0 saturated carbocycles. The van der Waals surface area contributed by atoms with Crippen molar-refractivity contribution in [3.05, 3.63) is 17.6 Å². The summed E-state index contributed by atoms with van der Waals surface area (Å²) in [6.07, 6.45) is 4.95. The summed E-state index contributed by atoms with van der Waals surface area (Å²) in [5.41, 5.74) is 1.04. The molecule has 0 aromatic carbocycles. The molecule has 1 aromatic heterocycles. The highest BCUT2D eigenvalue weighted by molar-refractivity contribution is 7.91. The molecule has 2 saturated heterocycles. The van der Waals surface area contributed by atoms with E-state index in [9.17, 15) is 8.42 Å². The molecule has 3 heterocycles. The lowest BCUT2D eigenvalue weighted by Crippen LogP contribution is -2.44. The fourth-order valence-corrected chi connectivity index (χ4v) is 5.65. The second kappa shape index (κ2) is 7.99. The van der Waals surface area contributed by atoms with Crippen molar-refractivity contribution in [2.45, 2.75) is 52.0 Å². The minimum atomic E-state index is -2.77. The van der Waals surface area contributed by atoms with Crippen LogP contribution in [0, 0.1) is 12.8 Å². The van der Waals surface area contributed by atoms with Crippen molar-refractivity contribution in [2.75, 3.05) is 36.0 Å². The third-order valence-electron chi connectivity index (χ3n) is 5.20. The molecule has 0 radical (unpaired) electrons. The smallest absolute Gasteiger partial charge is 0.150 e. The first-order chi connectivity index (χ1) is 11.9. The van der Waals surface area contributed by atoms with Crippen LogP contribution in [-0.4, -0.2) is 55.6 Å². The predicted molar refractivity (Wildman–Crippen MR) is 101 cm³/mol. The highest BCUT2D eigenvalue weighted by Crippen LogP contribution is 2.21. The largest absolute Gasteiger partial charge is 0.356 e. The Morgan fingerprint density at radius 2 is 2.00 bits per heavy atom. The van der Waals surface area contributed by atoms with Gasteiger partial charge in [-0.2, -0.15) is 0 Å². The Morgan fingerprint density at radius 1 is 1.24 bits per heavy atom.